The molecule has 0 bridgehead atoms. The summed E-state index contributed by atoms with van der Waals surface area (Å²) in [5.41, 5.74) is 11.0. The molecule has 0 aliphatic carbocycles. The highest BCUT2D eigenvalue weighted by Crippen LogP contribution is 2.27. The number of ether oxygens (including phenoxy) is 4. The smallest absolute Gasteiger partial charge is 0.370 e. The average molecular weight is 487 g/mol. The number of hydrogen-bond acceptors (Lipinski definition) is 9. The molecule has 0 fully saturated rings. The van der Waals surface area contributed by atoms with Crippen molar-refractivity contribution in [2.75, 3.05) is 13.7 Å². The molecule has 0 aromatic carbocycles. The van der Waals surface area contributed by atoms with Gasteiger partial charge in [0.25, 0.3) is 0 Å². The van der Waals surface area contributed by atoms with Crippen LogP contribution in [0.5, 0.6) is 0 Å². The van der Waals surface area contributed by atoms with Crippen molar-refractivity contribution in [3.63, 3.8) is 0 Å². The largest absolute Gasteiger partial charge is 0.478 e. The van der Waals surface area contributed by atoms with E-state index < -0.39 is 60.0 Å². The molecule has 0 saturated carbocycles. The maximum Gasteiger partial charge on any atom is 0.370 e. The lowest BCUT2D eigenvalue weighted by atomic mass is 9.92. The lowest BCUT2D eigenvalue weighted by molar-refractivity contribution is -0.180. The van der Waals surface area contributed by atoms with Crippen LogP contribution >= 0.6 is 0 Å². The summed E-state index contributed by atoms with van der Waals surface area (Å²) in [6.07, 6.45) is -1.14. The number of carbonyl (C=O) groups is 4. The van der Waals surface area contributed by atoms with Crippen molar-refractivity contribution in [2.24, 2.45) is 16.5 Å². The van der Waals surface area contributed by atoms with Crippen molar-refractivity contribution < 1.29 is 43.2 Å². The molecule has 1 aliphatic heterocycles. The maximum absolute atomic E-state index is 12.3. The van der Waals surface area contributed by atoms with Crippen molar-refractivity contribution >= 4 is 29.8 Å². The Labute approximate surface area is 197 Å². The summed E-state index contributed by atoms with van der Waals surface area (Å²) in [6.45, 7) is 4.45. The highest BCUT2D eigenvalue weighted by Gasteiger charge is 2.46. The van der Waals surface area contributed by atoms with Crippen molar-refractivity contribution in [1.29, 1.82) is 0 Å². The Kier molecular flexibility index (Phi) is 11.8. The minimum atomic E-state index is -1.41. The zero-order valence-corrected chi connectivity index (χ0v) is 19.8. The van der Waals surface area contributed by atoms with E-state index >= 15 is 0 Å². The summed E-state index contributed by atoms with van der Waals surface area (Å²) >= 11 is 0. The van der Waals surface area contributed by atoms with Crippen LogP contribution < -0.4 is 16.8 Å². The van der Waals surface area contributed by atoms with Gasteiger partial charge in [0.1, 0.15) is 12.7 Å². The average Bonchev–Trinajstić information content (AvgIpc) is 2.73. The molecule has 1 aliphatic rings. The molecule has 1 amide bonds. The minimum Gasteiger partial charge on any atom is -0.478 e. The molecule has 5 atom stereocenters. The number of aliphatic imine (C=N–C) groups is 1. The van der Waals surface area contributed by atoms with Gasteiger partial charge >= 0.3 is 17.9 Å². The van der Waals surface area contributed by atoms with Crippen LogP contribution in [0.1, 0.15) is 46.5 Å². The minimum absolute atomic E-state index is 0.0907. The van der Waals surface area contributed by atoms with Gasteiger partial charge in [-0.1, -0.05) is 13.8 Å². The SMILES string of the molecule is CCCC(=O)OC[C@@H](OC(=O)CCC)[C@@H](OC)[C@@H]1OC(C(=O)O)=C[C@H](N=C(N)N)[C@H]1NC(C)=O. The van der Waals surface area contributed by atoms with E-state index in [-0.39, 0.29) is 25.4 Å². The number of aliphatic carboxylic acids is 1. The Morgan fingerprint density at radius 3 is 2.29 bits per heavy atom. The summed E-state index contributed by atoms with van der Waals surface area (Å²) in [4.78, 5) is 51.9. The molecule has 0 aromatic heterocycles. The molecule has 13 nitrogen and oxygen atoms in total. The zero-order valence-electron chi connectivity index (χ0n) is 19.8. The Balaban J connectivity index is 3.43. The Morgan fingerprint density at radius 2 is 1.79 bits per heavy atom. The van der Waals surface area contributed by atoms with Gasteiger partial charge in [-0.15, -0.1) is 0 Å². The Bertz CT molecular complexity index is 795. The molecule has 1 heterocycles. The van der Waals surface area contributed by atoms with Gasteiger partial charge < -0.3 is 40.8 Å². The highest BCUT2D eigenvalue weighted by atomic mass is 16.6. The van der Waals surface area contributed by atoms with Crippen LogP contribution in [0.4, 0.5) is 0 Å². The van der Waals surface area contributed by atoms with E-state index in [0.29, 0.717) is 12.8 Å². The number of nitrogens with one attached hydrogen (secondary N) is 1. The number of hydrogen-bond donors (Lipinski definition) is 4. The molecule has 6 N–H and O–H groups in total. The lowest BCUT2D eigenvalue weighted by Crippen LogP contribution is -2.61. The fourth-order valence-electron chi connectivity index (χ4n) is 3.37. The number of carboxylic acids is 1. The van der Waals surface area contributed by atoms with Gasteiger partial charge in [-0.3, -0.25) is 14.4 Å². The number of carbonyl (C=O) groups excluding carboxylic acids is 3. The summed E-state index contributed by atoms with van der Waals surface area (Å²) in [6, 6.07) is -2.04. The van der Waals surface area contributed by atoms with Gasteiger partial charge in [-0.25, -0.2) is 9.79 Å². The normalized spacial score (nSPS) is 21.2. The number of carboxylic acid groups (broad SMARTS) is 1. The monoisotopic (exact) mass is 486 g/mol. The van der Waals surface area contributed by atoms with Gasteiger partial charge in [-0.05, 0) is 18.9 Å². The number of amides is 1. The van der Waals surface area contributed by atoms with Crippen LogP contribution in [-0.4, -0.2) is 79.0 Å². The van der Waals surface area contributed by atoms with Gasteiger partial charge in [0.05, 0.1) is 12.1 Å². The second-order valence-corrected chi connectivity index (χ2v) is 7.60. The number of nitrogens with two attached hydrogens (primary N) is 2. The second-order valence-electron chi connectivity index (χ2n) is 7.60. The fraction of sp³-hybridized carbons (Fsp3) is 0.667. The maximum atomic E-state index is 12.3. The number of rotatable bonds is 13. The fourth-order valence-corrected chi connectivity index (χ4v) is 3.37. The van der Waals surface area contributed by atoms with Gasteiger partial charge in [0.2, 0.25) is 11.7 Å². The van der Waals surface area contributed by atoms with Crippen LogP contribution in [0.3, 0.4) is 0 Å². The Morgan fingerprint density at radius 1 is 1.18 bits per heavy atom. The molecule has 0 unspecified atom stereocenters. The van der Waals surface area contributed by atoms with Crippen LogP contribution in [0.2, 0.25) is 0 Å². The summed E-state index contributed by atoms with van der Waals surface area (Å²) in [7, 11) is 1.28. The number of methoxy groups -OCH3 is 1. The van der Waals surface area contributed by atoms with Gasteiger partial charge in [0, 0.05) is 26.9 Å². The topological polar surface area (TPSA) is 202 Å². The van der Waals surface area contributed by atoms with Gasteiger partial charge in [-0.2, -0.15) is 0 Å². The van der Waals surface area contributed by atoms with E-state index in [1.807, 2.05) is 0 Å². The van der Waals surface area contributed by atoms with E-state index in [9.17, 15) is 24.3 Å². The predicted molar refractivity (Wildman–Crippen MR) is 119 cm³/mol. The van der Waals surface area contributed by atoms with Crippen LogP contribution in [0.15, 0.2) is 16.8 Å². The summed E-state index contributed by atoms with van der Waals surface area (Å²) in [5.74, 6) is -3.83. The van der Waals surface area contributed by atoms with Crippen LogP contribution in [-0.2, 0) is 38.1 Å². The number of esters is 2. The molecule has 34 heavy (non-hydrogen) atoms. The van der Waals surface area contributed by atoms with Gasteiger partial charge in [0.15, 0.2) is 18.2 Å². The van der Waals surface area contributed by atoms with E-state index in [1.54, 1.807) is 13.8 Å². The third-order valence-electron chi connectivity index (χ3n) is 4.75. The zero-order chi connectivity index (χ0) is 25.8. The van der Waals surface area contributed by atoms with Crippen molar-refractivity contribution in [3.05, 3.63) is 11.8 Å². The molecular weight excluding hydrogens is 452 g/mol. The van der Waals surface area contributed by atoms with Crippen LogP contribution in [0, 0.1) is 0 Å². The molecular formula is C21H34N4O9. The van der Waals surface area contributed by atoms with E-state index in [2.05, 4.69) is 10.3 Å². The van der Waals surface area contributed by atoms with Crippen LogP contribution in [0.25, 0.3) is 0 Å². The molecule has 1 rings (SSSR count). The van der Waals surface area contributed by atoms with E-state index in [1.165, 1.54) is 14.0 Å². The van der Waals surface area contributed by atoms with Crippen molar-refractivity contribution in [3.8, 4) is 0 Å². The summed E-state index contributed by atoms with van der Waals surface area (Å²) in [5, 5.41) is 12.2. The molecule has 0 radical (unpaired) electrons. The first kappa shape index (κ1) is 28.7. The third kappa shape index (κ3) is 8.89. The second kappa shape index (κ2) is 14.0. The molecule has 0 saturated heterocycles. The quantitative estimate of drug-likeness (QED) is 0.149. The highest BCUT2D eigenvalue weighted by molar-refractivity contribution is 5.85. The van der Waals surface area contributed by atoms with E-state index in [4.69, 9.17) is 30.4 Å². The first-order chi connectivity index (χ1) is 16.0. The predicted octanol–water partition coefficient (Wildman–Crippen LogP) is -0.429. The molecule has 13 heteroatoms. The molecule has 192 valence electrons. The third-order valence-corrected chi connectivity index (χ3v) is 4.75. The number of guanidine groups is 1. The van der Waals surface area contributed by atoms with E-state index in [0.717, 1.165) is 6.08 Å². The summed E-state index contributed by atoms with van der Waals surface area (Å²) < 4.78 is 21.9. The van der Waals surface area contributed by atoms with Crippen molar-refractivity contribution in [2.45, 2.75) is 76.9 Å². The number of nitrogens with zero attached hydrogens (tertiary/aromatic N) is 1. The first-order valence-electron chi connectivity index (χ1n) is 10.9. The standard InChI is InChI=1S/C21H34N4O9/c1-5-7-15(27)32-10-14(33-16(28)8-6-2)18(31-4)19-17(24-11(3)26)12(25-21(22)23)9-13(34-19)20(29)30/h9,12,14,17-19H,5-8,10H2,1-4H3,(H,24,26)(H,29,30)(H4,22,23,25)/t12-,14+,17+,18+,19+/m0/s1. The first-order valence-corrected chi connectivity index (χ1v) is 10.9. The lowest BCUT2D eigenvalue weighted by Gasteiger charge is -2.40. The molecule has 0 spiro atoms. The van der Waals surface area contributed by atoms with Crippen molar-refractivity contribution in [1.82, 2.24) is 5.32 Å². The Hall–Kier alpha value is -3.35. The molecule has 0 aromatic rings.